The van der Waals surface area contributed by atoms with Crippen LogP contribution in [0.4, 0.5) is 0 Å². The van der Waals surface area contributed by atoms with Gasteiger partial charge in [-0.2, -0.15) is 0 Å². The number of nitrogens with zero attached hydrogens (tertiary/aromatic N) is 1. The first-order valence-corrected chi connectivity index (χ1v) is 5.15. The second-order valence-corrected chi connectivity index (χ2v) is 3.62. The molecule has 76 valence electrons. The molecule has 0 amide bonds. The van der Waals surface area contributed by atoms with Gasteiger partial charge in [-0.25, -0.2) is 0 Å². The van der Waals surface area contributed by atoms with Gasteiger partial charge in [0.05, 0.1) is 0 Å². The van der Waals surface area contributed by atoms with Crippen LogP contribution in [0.25, 0.3) is 5.57 Å². The van der Waals surface area contributed by atoms with E-state index in [4.69, 9.17) is 0 Å². The van der Waals surface area contributed by atoms with Crippen molar-refractivity contribution in [1.29, 1.82) is 0 Å². The van der Waals surface area contributed by atoms with Crippen molar-refractivity contribution in [2.45, 2.75) is 13.3 Å². The van der Waals surface area contributed by atoms with Gasteiger partial charge in [0, 0.05) is 6.54 Å². The van der Waals surface area contributed by atoms with Crippen LogP contribution in [0.3, 0.4) is 0 Å². The fraction of sp³-hybridized carbons (Fsp3) is 0.385. The number of benzene rings is 1. The summed E-state index contributed by atoms with van der Waals surface area (Å²) in [4.78, 5) is 2.30. The predicted octanol–water partition coefficient (Wildman–Crippen LogP) is 3.04. The average Bonchev–Trinajstić information content (AvgIpc) is 2.26. The van der Waals surface area contributed by atoms with Gasteiger partial charge >= 0.3 is 0 Å². The standard InChI is InChI=1S/C13H19N/c1-4-14(3)11-10-12(2)13-8-6-5-7-9-13/h5-9H,2,4,10-11H2,1,3H3. The lowest BCUT2D eigenvalue weighted by Crippen LogP contribution is -2.18. The highest BCUT2D eigenvalue weighted by molar-refractivity contribution is 5.63. The third-order valence-corrected chi connectivity index (χ3v) is 2.52. The molecule has 0 bridgehead atoms. The molecular formula is C13H19N. The molecule has 1 aromatic carbocycles. The summed E-state index contributed by atoms with van der Waals surface area (Å²) in [6, 6.07) is 10.4. The van der Waals surface area contributed by atoms with Crippen LogP contribution in [0.1, 0.15) is 18.9 Å². The number of hydrogen-bond donors (Lipinski definition) is 0. The Hall–Kier alpha value is -1.08. The van der Waals surface area contributed by atoms with Crippen LogP contribution in [0.2, 0.25) is 0 Å². The quantitative estimate of drug-likeness (QED) is 0.688. The largest absolute Gasteiger partial charge is 0.306 e. The van der Waals surface area contributed by atoms with Crippen molar-refractivity contribution < 1.29 is 0 Å². The van der Waals surface area contributed by atoms with E-state index in [9.17, 15) is 0 Å². The van der Waals surface area contributed by atoms with Gasteiger partial charge < -0.3 is 4.90 Å². The van der Waals surface area contributed by atoms with Gasteiger partial charge in [0.1, 0.15) is 0 Å². The highest BCUT2D eigenvalue weighted by Crippen LogP contribution is 2.15. The molecule has 0 N–H and O–H groups in total. The van der Waals surface area contributed by atoms with Crippen molar-refractivity contribution in [2.75, 3.05) is 20.1 Å². The fourth-order valence-electron chi connectivity index (χ4n) is 1.30. The van der Waals surface area contributed by atoms with E-state index in [2.05, 4.69) is 49.7 Å². The van der Waals surface area contributed by atoms with Crippen molar-refractivity contribution in [2.24, 2.45) is 0 Å². The minimum atomic E-state index is 1.05. The summed E-state index contributed by atoms with van der Waals surface area (Å²) in [5.74, 6) is 0. The van der Waals surface area contributed by atoms with Crippen LogP contribution < -0.4 is 0 Å². The SMILES string of the molecule is C=C(CCN(C)CC)c1ccccc1. The maximum atomic E-state index is 4.10. The van der Waals surface area contributed by atoms with Crippen LogP contribution in [0.15, 0.2) is 36.9 Å². The zero-order valence-corrected chi connectivity index (χ0v) is 9.16. The van der Waals surface area contributed by atoms with Crippen LogP contribution >= 0.6 is 0 Å². The molecule has 14 heavy (non-hydrogen) atoms. The summed E-state index contributed by atoms with van der Waals surface area (Å²) >= 11 is 0. The second kappa shape index (κ2) is 5.61. The Morgan fingerprint density at radius 1 is 1.29 bits per heavy atom. The van der Waals surface area contributed by atoms with E-state index in [1.165, 1.54) is 11.1 Å². The smallest absolute Gasteiger partial charge is 0.00187 e. The maximum Gasteiger partial charge on any atom is 0.00187 e. The molecule has 0 heterocycles. The van der Waals surface area contributed by atoms with E-state index >= 15 is 0 Å². The van der Waals surface area contributed by atoms with Gasteiger partial charge in [-0.1, -0.05) is 43.8 Å². The molecule has 0 aliphatic heterocycles. The average molecular weight is 189 g/mol. The summed E-state index contributed by atoms with van der Waals surface area (Å²) in [6.45, 7) is 8.46. The Labute approximate surface area is 87.1 Å². The van der Waals surface area contributed by atoms with Crippen molar-refractivity contribution in [1.82, 2.24) is 4.90 Å². The van der Waals surface area contributed by atoms with E-state index in [1.807, 2.05) is 6.07 Å². The molecule has 0 aliphatic rings. The monoisotopic (exact) mass is 189 g/mol. The summed E-state index contributed by atoms with van der Waals surface area (Å²) in [5.41, 5.74) is 2.49. The van der Waals surface area contributed by atoms with Crippen molar-refractivity contribution >= 4 is 5.57 Å². The summed E-state index contributed by atoms with van der Waals surface area (Å²) in [5, 5.41) is 0. The van der Waals surface area contributed by atoms with E-state index in [0.29, 0.717) is 0 Å². The van der Waals surface area contributed by atoms with Crippen LogP contribution in [-0.4, -0.2) is 25.0 Å². The maximum absolute atomic E-state index is 4.10. The minimum absolute atomic E-state index is 1.05. The zero-order valence-electron chi connectivity index (χ0n) is 9.16. The lowest BCUT2D eigenvalue weighted by molar-refractivity contribution is 0.362. The van der Waals surface area contributed by atoms with Crippen LogP contribution in [0.5, 0.6) is 0 Å². The molecular weight excluding hydrogens is 170 g/mol. The summed E-state index contributed by atoms with van der Waals surface area (Å²) in [7, 11) is 2.14. The Kier molecular flexibility index (Phi) is 4.41. The van der Waals surface area contributed by atoms with E-state index in [1.54, 1.807) is 0 Å². The molecule has 1 heteroatoms. The molecule has 0 fully saturated rings. The van der Waals surface area contributed by atoms with E-state index < -0.39 is 0 Å². The van der Waals surface area contributed by atoms with Gasteiger partial charge in [-0.3, -0.25) is 0 Å². The summed E-state index contributed by atoms with van der Waals surface area (Å²) in [6.07, 6.45) is 1.05. The first-order chi connectivity index (χ1) is 6.74. The first kappa shape index (κ1) is 11.0. The topological polar surface area (TPSA) is 3.24 Å². The number of hydrogen-bond acceptors (Lipinski definition) is 1. The fourth-order valence-corrected chi connectivity index (χ4v) is 1.30. The van der Waals surface area contributed by atoms with E-state index in [0.717, 1.165) is 19.5 Å². The van der Waals surface area contributed by atoms with Gasteiger partial charge in [0.15, 0.2) is 0 Å². The Morgan fingerprint density at radius 2 is 1.93 bits per heavy atom. The predicted molar refractivity (Wildman–Crippen MR) is 63.3 cm³/mol. The zero-order chi connectivity index (χ0) is 10.4. The summed E-state index contributed by atoms with van der Waals surface area (Å²) < 4.78 is 0. The molecule has 1 aromatic rings. The third-order valence-electron chi connectivity index (χ3n) is 2.52. The Morgan fingerprint density at radius 3 is 2.50 bits per heavy atom. The molecule has 0 atom stereocenters. The third kappa shape index (κ3) is 3.35. The second-order valence-electron chi connectivity index (χ2n) is 3.62. The van der Waals surface area contributed by atoms with Gasteiger partial charge in [0.25, 0.3) is 0 Å². The molecule has 0 unspecified atom stereocenters. The van der Waals surface area contributed by atoms with Gasteiger partial charge in [-0.15, -0.1) is 0 Å². The lowest BCUT2D eigenvalue weighted by Gasteiger charge is -2.14. The van der Waals surface area contributed by atoms with Crippen LogP contribution in [-0.2, 0) is 0 Å². The highest BCUT2D eigenvalue weighted by Gasteiger charge is 1.99. The van der Waals surface area contributed by atoms with Gasteiger partial charge in [0.2, 0.25) is 0 Å². The normalized spacial score (nSPS) is 10.5. The molecule has 0 saturated carbocycles. The molecule has 0 radical (unpaired) electrons. The Balaban J connectivity index is 2.44. The lowest BCUT2D eigenvalue weighted by atomic mass is 10.0. The van der Waals surface area contributed by atoms with Crippen LogP contribution in [0, 0.1) is 0 Å². The number of rotatable bonds is 5. The molecule has 1 rings (SSSR count). The first-order valence-electron chi connectivity index (χ1n) is 5.15. The van der Waals surface area contributed by atoms with Crippen molar-refractivity contribution in [3.8, 4) is 0 Å². The molecule has 0 spiro atoms. The molecule has 1 nitrogen and oxygen atoms in total. The molecule has 0 aliphatic carbocycles. The Bertz CT molecular complexity index is 277. The van der Waals surface area contributed by atoms with Crippen molar-refractivity contribution in [3.05, 3.63) is 42.5 Å². The van der Waals surface area contributed by atoms with Crippen molar-refractivity contribution in [3.63, 3.8) is 0 Å². The van der Waals surface area contributed by atoms with Gasteiger partial charge in [-0.05, 0) is 31.1 Å². The highest BCUT2D eigenvalue weighted by atomic mass is 15.1. The minimum Gasteiger partial charge on any atom is -0.306 e. The molecule has 0 saturated heterocycles. The van der Waals surface area contributed by atoms with E-state index in [-0.39, 0.29) is 0 Å². The molecule has 0 aromatic heterocycles.